The van der Waals surface area contributed by atoms with Gasteiger partial charge in [-0.2, -0.15) is 5.26 Å². The fraction of sp³-hybridized carbons (Fsp3) is 0.0952. The molecule has 0 saturated carbocycles. The summed E-state index contributed by atoms with van der Waals surface area (Å²) in [7, 11) is 0. The zero-order valence-electron chi connectivity index (χ0n) is 14.5. The zero-order valence-corrected chi connectivity index (χ0v) is 14.5. The fourth-order valence-corrected chi connectivity index (χ4v) is 3.34. The topological polar surface area (TPSA) is 80.3 Å². The Hall–Kier alpha value is -3.85. The molecular formula is C21H16N6. The van der Waals surface area contributed by atoms with Crippen molar-refractivity contribution >= 4 is 0 Å². The van der Waals surface area contributed by atoms with Gasteiger partial charge in [0.05, 0.1) is 23.5 Å². The van der Waals surface area contributed by atoms with Crippen LogP contribution in [-0.2, 0) is 12.0 Å². The van der Waals surface area contributed by atoms with Gasteiger partial charge in [-0.3, -0.25) is 9.97 Å². The van der Waals surface area contributed by atoms with Crippen molar-refractivity contribution in [1.29, 1.82) is 5.26 Å². The molecule has 3 heterocycles. The Labute approximate surface area is 156 Å². The van der Waals surface area contributed by atoms with Crippen LogP contribution in [0.2, 0.25) is 0 Å². The van der Waals surface area contributed by atoms with Gasteiger partial charge in [-0.05, 0) is 35.9 Å². The Morgan fingerprint density at radius 3 is 2.67 bits per heavy atom. The van der Waals surface area contributed by atoms with Crippen molar-refractivity contribution in [3.63, 3.8) is 0 Å². The summed E-state index contributed by atoms with van der Waals surface area (Å²) < 4.78 is 1.81. The van der Waals surface area contributed by atoms with Gasteiger partial charge in [0.25, 0.3) is 0 Å². The number of hydrogen-bond acceptors (Lipinski definition) is 5. The minimum absolute atomic E-state index is 0.550. The van der Waals surface area contributed by atoms with Crippen LogP contribution in [-0.4, -0.2) is 25.0 Å². The molecule has 0 radical (unpaired) electrons. The van der Waals surface area contributed by atoms with Crippen molar-refractivity contribution < 1.29 is 0 Å². The maximum absolute atomic E-state index is 9.28. The summed E-state index contributed by atoms with van der Waals surface area (Å²) in [6.07, 6.45) is 9.36. The molecule has 0 aliphatic heterocycles. The monoisotopic (exact) mass is 352 g/mol. The van der Waals surface area contributed by atoms with E-state index in [9.17, 15) is 5.26 Å². The number of benzene rings is 1. The largest absolute Gasteiger partial charge is 0.264 e. The Morgan fingerprint density at radius 2 is 1.96 bits per heavy atom. The van der Waals surface area contributed by atoms with Gasteiger partial charge in [-0.1, -0.05) is 29.5 Å². The van der Waals surface area contributed by atoms with Crippen LogP contribution in [0.25, 0.3) is 0 Å². The summed E-state index contributed by atoms with van der Waals surface area (Å²) in [5.41, 5.74) is 2.65. The van der Waals surface area contributed by atoms with Crippen molar-refractivity contribution in [3.05, 3.63) is 108 Å². The lowest BCUT2D eigenvalue weighted by atomic mass is 9.81. The lowest BCUT2D eigenvalue weighted by Crippen LogP contribution is -2.40. The van der Waals surface area contributed by atoms with Gasteiger partial charge in [-0.15, -0.1) is 5.10 Å². The molecule has 6 heteroatoms. The third kappa shape index (κ3) is 3.07. The van der Waals surface area contributed by atoms with E-state index in [2.05, 4.69) is 26.3 Å². The number of hydrogen-bond donors (Lipinski definition) is 0. The summed E-state index contributed by atoms with van der Waals surface area (Å²) in [5, 5.41) is 17.6. The molecule has 0 aliphatic carbocycles. The summed E-state index contributed by atoms with van der Waals surface area (Å²) in [6, 6.07) is 19.5. The van der Waals surface area contributed by atoms with E-state index < -0.39 is 5.54 Å². The van der Waals surface area contributed by atoms with E-state index in [-0.39, 0.29) is 0 Å². The number of pyridine rings is 2. The zero-order chi connectivity index (χ0) is 18.5. The maximum Gasteiger partial charge on any atom is 0.137 e. The van der Waals surface area contributed by atoms with E-state index in [0.29, 0.717) is 12.0 Å². The molecule has 27 heavy (non-hydrogen) atoms. The third-order valence-electron chi connectivity index (χ3n) is 4.56. The Balaban J connectivity index is 1.97. The average molecular weight is 352 g/mol. The predicted molar refractivity (Wildman–Crippen MR) is 99.5 cm³/mol. The van der Waals surface area contributed by atoms with Gasteiger partial charge < -0.3 is 0 Å². The van der Waals surface area contributed by atoms with Gasteiger partial charge in [0, 0.05) is 36.8 Å². The van der Waals surface area contributed by atoms with E-state index in [0.717, 1.165) is 16.8 Å². The molecule has 1 unspecified atom stereocenters. The molecule has 0 fully saturated rings. The minimum atomic E-state index is -0.736. The highest BCUT2D eigenvalue weighted by molar-refractivity contribution is 5.40. The molecule has 0 saturated heterocycles. The molecule has 0 bridgehead atoms. The first-order chi connectivity index (χ1) is 13.3. The maximum atomic E-state index is 9.28. The van der Waals surface area contributed by atoms with Crippen LogP contribution in [0.5, 0.6) is 0 Å². The smallest absolute Gasteiger partial charge is 0.137 e. The molecule has 1 atom stereocenters. The second-order valence-electron chi connectivity index (χ2n) is 6.15. The van der Waals surface area contributed by atoms with Crippen LogP contribution in [0.3, 0.4) is 0 Å². The Bertz CT molecular complexity index is 1010. The lowest BCUT2D eigenvalue weighted by molar-refractivity contribution is 0.364. The third-order valence-corrected chi connectivity index (χ3v) is 4.56. The average Bonchev–Trinajstić information content (AvgIpc) is 3.29. The molecule has 0 aliphatic rings. The van der Waals surface area contributed by atoms with Crippen LogP contribution in [0.15, 0.2) is 85.6 Å². The highest BCUT2D eigenvalue weighted by Crippen LogP contribution is 2.35. The Morgan fingerprint density at radius 1 is 1.00 bits per heavy atom. The van der Waals surface area contributed by atoms with E-state index in [1.165, 1.54) is 0 Å². The van der Waals surface area contributed by atoms with Crippen LogP contribution < -0.4 is 0 Å². The molecular weight excluding hydrogens is 336 g/mol. The predicted octanol–water partition coefficient (Wildman–Crippen LogP) is 2.97. The van der Waals surface area contributed by atoms with Gasteiger partial charge in [-0.25, -0.2) is 4.68 Å². The van der Waals surface area contributed by atoms with E-state index in [1.54, 1.807) is 24.7 Å². The van der Waals surface area contributed by atoms with Gasteiger partial charge in [0.1, 0.15) is 5.54 Å². The van der Waals surface area contributed by atoms with Gasteiger partial charge in [0.15, 0.2) is 0 Å². The number of aromatic nitrogens is 5. The first-order valence-electron chi connectivity index (χ1n) is 8.51. The highest BCUT2D eigenvalue weighted by Gasteiger charge is 2.39. The van der Waals surface area contributed by atoms with Crippen LogP contribution in [0, 0.1) is 11.3 Å². The summed E-state index contributed by atoms with van der Waals surface area (Å²) in [6.45, 7) is 0. The van der Waals surface area contributed by atoms with Crippen molar-refractivity contribution in [2.24, 2.45) is 0 Å². The fourth-order valence-electron chi connectivity index (χ4n) is 3.34. The molecule has 4 rings (SSSR count). The quantitative estimate of drug-likeness (QED) is 0.552. The SMILES string of the molecule is N#Cc1cccc(CC(c2cccnc2)(c2ccccn2)n2ccnn2)c1. The van der Waals surface area contributed by atoms with Crippen molar-refractivity contribution in [2.75, 3.05) is 0 Å². The van der Waals surface area contributed by atoms with Crippen LogP contribution in [0.1, 0.15) is 22.4 Å². The second-order valence-corrected chi connectivity index (χ2v) is 6.15. The Kier molecular flexibility index (Phi) is 4.42. The first-order valence-corrected chi connectivity index (χ1v) is 8.51. The van der Waals surface area contributed by atoms with Crippen LogP contribution in [0.4, 0.5) is 0 Å². The standard InChI is InChI=1S/C21H16N6/c22-15-18-6-3-5-17(13-18)14-21(27-12-11-25-26-27,19-7-4-9-23-16-19)20-8-1-2-10-24-20/h1-13,16H,14H2. The number of nitrogens with zero attached hydrogens (tertiary/aromatic N) is 6. The molecule has 6 nitrogen and oxygen atoms in total. The molecule has 130 valence electrons. The molecule has 3 aromatic heterocycles. The lowest BCUT2D eigenvalue weighted by Gasteiger charge is -2.34. The van der Waals surface area contributed by atoms with Crippen molar-refractivity contribution in [1.82, 2.24) is 25.0 Å². The molecule has 4 aromatic rings. The number of nitriles is 1. The minimum Gasteiger partial charge on any atom is -0.264 e. The summed E-state index contributed by atoms with van der Waals surface area (Å²) >= 11 is 0. The second kappa shape index (κ2) is 7.18. The van der Waals surface area contributed by atoms with Crippen molar-refractivity contribution in [2.45, 2.75) is 12.0 Å². The van der Waals surface area contributed by atoms with E-state index in [1.807, 2.05) is 65.6 Å². The summed E-state index contributed by atoms with van der Waals surface area (Å²) in [4.78, 5) is 8.96. The molecule has 1 aromatic carbocycles. The molecule has 0 amide bonds. The van der Waals surface area contributed by atoms with Crippen LogP contribution >= 0.6 is 0 Å². The first kappa shape index (κ1) is 16.6. The normalized spacial score (nSPS) is 12.9. The van der Waals surface area contributed by atoms with Crippen molar-refractivity contribution in [3.8, 4) is 6.07 Å². The highest BCUT2D eigenvalue weighted by atomic mass is 15.4. The summed E-state index contributed by atoms with van der Waals surface area (Å²) in [5.74, 6) is 0. The van der Waals surface area contributed by atoms with E-state index >= 15 is 0 Å². The molecule has 0 N–H and O–H groups in total. The molecule has 0 spiro atoms. The van der Waals surface area contributed by atoms with E-state index in [4.69, 9.17) is 0 Å². The van der Waals surface area contributed by atoms with Gasteiger partial charge in [0.2, 0.25) is 0 Å². The van der Waals surface area contributed by atoms with Gasteiger partial charge >= 0.3 is 0 Å². The number of rotatable bonds is 5.